The van der Waals surface area contributed by atoms with Gasteiger partial charge >= 0.3 is 0 Å². The molecule has 0 heterocycles. The third-order valence-electron chi connectivity index (χ3n) is 1.94. The van der Waals surface area contributed by atoms with E-state index in [0.717, 1.165) is 6.42 Å². The smallest absolute Gasteiger partial charge is 0.288 e. The molecule has 0 aromatic heterocycles. The van der Waals surface area contributed by atoms with Gasteiger partial charge in [-0.2, -0.15) is 0 Å². The van der Waals surface area contributed by atoms with E-state index >= 15 is 0 Å². The Bertz CT molecular complexity index is 421. The van der Waals surface area contributed by atoms with Gasteiger partial charge in [0.25, 0.3) is 11.6 Å². The summed E-state index contributed by atoms with van der Waals surface area (Å²) in [7, 11) is 0. The van der Waals surface area contributed by atoms with Crippen LogP contribution in [0.15, 0.2) is 18.2 Å². The molecule has 0 aliphatic carbocycles. The fraction of sp³-hybridized carbons (Fsp3) is 0.300. The lowest BCUT2D eigenvalue weighted by molar-refractivity contribution is -0.384. The zero-order valence-corrected chi connectivity index (χ0v) is 9.45. The second kappa shape index (κ2) is 5.46. The van der Waals surface area contributed by atoms with Crippen LogP contribution >= 0.6 is 11.6 Å². The first-order valence-corrected chi connectivity index (χ1v) is 5.16. The lowest BCUT2D eigenvalue weighted by Gasteiger charge is -2.03. The summed E-state index contributed by atoms with van der Waals surface area (Å²) in [4.78, 5) is 21.5. The summed E-state index contributed by atoms with van der Waals surface area (Å²) in [6.07, 6.45) is 0.807. The molecule has 0 bridgehead atoms. The number of nitro benzene ring substituents is 1. The van der Waals surface area contributed by atoms with E-state index in [2.05, 4.69) is 5.32 Å². The minimum Gasteiger partial charge on any atom is -0.352 e. The lowest BCUT2D eigenvalue weighted by Crippen LogP contribution is -2.23. The van der Waals surface area contributed by atoms with Crippen LogP contribution < -0.4 is 5.32 Å². The van der Waals surface area contributed by atoms with Crippen molar-refractivity contribution < 1.29 is 9.72 Å². The number of benzene rings is 1. The van der Waals surface area contributed by atoms with Crippen LogP contribution in [0, 0.1) is 10.1 Å². The highest BCUT2D eigenvalue weighted by Gasteiger charge is 2.15. The van der Waals surface area contributed by atoms with Crippen LogP contribution in [0.2, 0.25) is 5.02 Å². The number of carbonyl (C=O) groups is 1. The maximum absolute atomic E-state index is 11.5. The maximum Gasteiger partial charge on any atom is 0.288 e. The van der Waals surface area contributed by atoms with Gasteiger partial charge in [0.15, 0.2) is 0 Å². The number of nitrogens with zero attached hydrogens (tertiary/aromatic N) is 1. The summed E-state index contributed by atoms with van der Waals surface area (Å²) >= 11 is 5.63. The van der Waals surface area contributed by atoms with E-state index in [9.17, 15) is 14.9 Å². The topological polar surface area (TPSA) is 72.2 Å². The number of amides is 1. The molecule has 1 aromatic carbocycles. The molecule has 0 radical (unpaired) electrons. The maximum atomic E-state index is 11.5. The molecule has 1 rings (SSSR count). The highest BCUT2D eigenvalue weighted by atomic mass is 35.5. The molecule has 5 nitrogen and oxygen atoms in total. The van der Waals surface area contributed by atoms with Crippen LogP contribution in [0.1, 0.15) is 23.7 Å². The Morgan fingerprint density at radius 2 is 2.25 bits per heavy atom. The number of nitrogens with one attached hydrogen (secondary N) is 1. The number of carbonyl (C=O) groups excluding carboxylic acids is 1. The van der Waals surface area contributed by atoms with Crippen LogP contribution in [-0.4, -0.2) is 17.4 Å². The molecule has 1 aromatic rings. The predicted octanol–water partition coefficient (Wildman–Crippen LogP) is 2.39. The van der Waals surface area contributed by atoms with Crippen LogP contribution in [0.3, 0.4) is 0 Å². The zero-order chi connectivity index (χ0) is 12.1. The van der Waals surface area contributed by atoms with Gasteiger partial charge in [0.05, 0.1) is 4.92 Å². The van der Waals surface area contributed by atoms with Gasteiger partial charge in [0.1, 0.15) is 5.02 Å². The second-order valence-corrected chi connectivity index (χ2v) is 3.59. The van der Waals surface area contributed by atoms with E-state index in [0.29, 0.717) is 6.54 Å². The minimum absolute atomic E-state index is 0.0250. The van der Waals surface area contributed by atoms with E-state index in [1.54, 1.807) is 0 Å². The third kappa shape index (κ3) is 2.93. The number of hydrogen-bond donors (Lipinski definition) is 1. The quantitative estimate of drug-likeness (QED) is 0.651. The number of hydrogen-bond acceptors (Lipinski definition) is 3. The third-order valence-corrected chi connectivity index (χ3v) is 2.26. The Hall–Kier alpha value is -1.62. The molecule has 86 valence electrons. The summed E-state index contributed by atoms with van der Waals surface area (Å²) in [5.74, 6) is -0.332. The van der Waals surface area contributed by atoms with Crippen molar-refractivity contribution in [3.63, 3.8) is 0 Å². The molecule has 0 fully saturated rings. The van der Waals surface area contributed by atoms with Crippen LogP contribution in [0.5, 0.6) is 0 Å². The Balaban J connectivity index is 2.94. The number of nitro groups is 1. The molecule has 0 saturated heterocycles. The van der Waals surface area contributed by atoms with E-state index in [4.69, 9.17) is 11.6 Å². The fourth-order valence-electron chi connectivity index (χ4n) is 1.13. The van der Waals surface area contributed by atoms with Crippen molar-refractivity contribution in [3.8, 4) is 0 Å². The van der Waals surface area contributed by atoms with Crippen LogP contribution in [0.25, 0.3) is 0 Å². The van der Waals surface area contributed by atoms with Crippen molar-refractivity contribution in [3.05, 3.63) is 38.9 Å². The van der Waals surface area contributed by atoms with Crippen molar-refractivity contribution in [1.82, 2.24) is 5.32 Å². The highest BCUT2D eigenvalue weighted by molar-refractivity contribution is 6.32. The minimum atomic E-state index is -0.612. The average molecular weight is 243 g/mol. The SMILES string of the molecule is CCCNC(=O)c1ccc(Cl)c([N+](=O)[O-])c1. The molecule has 6 heteroatoms. The monoisotopic (exact) mass is 242 g/mol. The molecular formula is C10H11ClN2O3. The molecule has 0 atom stereocenters. The summed E-state index contributed by atoms with van der Waals surface area (Å²) in [5, 5.41) is 13.3. The molecule has 0 unspecified atom stereocenters. The summed E-state index contributed by atoms with van der Waals surface area (Å²) in [6, 6.07) is 3.98. The Morgan fingerprint density at radius 1 is 1.56 bits per heavy atom. The highest BCUT2D eigenvalue weighted by Crippen LogP contribution is 2.24. The van der Waals surface area contributed by atoms with Gasteiger partial charge in [-0.15, -0.1) is 0 Å². The molecular weight excluding hydrogens is 232 g/mol. The number of rotatable bonds is 4. The van der Waals surface area contributed by atoms with Crippen molar-refractivity contribution in [2.75, 3.05) is 6.54 Å². The van der Waals surface area contributed by atoms with Gasteiger partial charge < -0.3 is 5.32 Å². The molecule has 0 saturated carbocycles. The molecule has 0 aliphatic heterocycles. The number of halogens is 1. The molecule has 16 heavy (non-hydrogen) atoms. The van der Waals surface area contributed by atoms with Gasteiger partial charge in [-0.25, -0.2) is 0 Å². The van der Waals surface area contributed by atoms with E-state index < -0.39 is 4.92 Å². The average Bonchev–Trinajstić information content (AvgIpc) is 2.26. The fourth-order valence-corrected chi connectivity index (χ4v) is 1.32. The van der Waals surface area contributed by atoms with Gasteiger partial charge in [-0.3, -0.25) is 14.9 Å². The summed E-state index contributed by atoms with van der Waals surface area (Å²) < 4.78 is 0. The van der Waals surface area contributed by atoms with Gasteiger partial charge in [-0.1, -0.05) is 18.5 Å². The summed E-state index contributed by atoms with van der Waals surface area (Å²) in [6.45, 7) is 2.46. The molecule has 0 aliphatic rings. The van der Waals surface area contributed by atoms with E-state index in [1.807, 2.05) is 6.92 Å². The predicted molar refractivity (Wildman–Crippen MR) is 60.7 cm³/mol. The largest absolute Gasteiger partial charge is 0.352 e. The van der Waals surface area contributed by atoms with Crippen molar-refractivity contribution in [1.29, 1.82) is 0 Å². The second-order valence-electron chi connectivity index (χ2n) is 3.18. The first-order valence-electron chi connectivity index (χ1n) is 4.78. The molecule has 1 amide bonds. The first kappa shape index (κ1) is 12.4. The van der Waals surface area contributed by atoms with Gasteiger partial charge in [0.2, 0.25) is 0 Å². The van der Waals surface area contributed by atoms with Crippen molar-refractivity contribution in [2.24, 2.45) is 0 Å². The Morgan fingerprint density at radius 3 is 2.81 bits per heavy atom. The zero-order valence-electron chi connectivity index (χ0n) is 8.70. The Kier molecular flexibility index (Phi) is 4.25. The van der Waals surface area contributed by atoms with Crippen molar-refractivity contribution >= 4 is 23.2 Å². The van der Waals surface area contributed by atoms with E-state index in [1.165, 1.54) is 18.2 Å². The first-order chi connectivity index (χ1) is 7.56. The van der Waals surface area contributed by atoms with E-state index in [-0.39, 0.29) is 22.2 Å². The van der Waals surface area contributed by atoms with Crippen molar-refractivity contribution in [2.45, 2.75) is 13.3 Å². The standard InChI is InChI=1S/C10H11ClN2O3/c1-2-5-12-10(14)7-3-4-8(11)9(6-7)13(15)16/h3-4,6H,2,5H2,1H3,(H,12,14). The summed E-state index contributed by atoms with van der Waals surface area (Å²) in [5.41, 5.74) is -0.0182. The molecule has 0 spiro atoms. The normalized spacial score (nSPS) is 9.88. The van der Waals surface area contributed by atoms with Crippen LogP contribution in [-0.2, 0) is 0 Å². The van der Waals surface area contributed by atoms with Gasteiger partial charge in [0, 0.05) is 18.2 Å². The molecule has 1 N–H and O–H groups in total. The van der Waals surface area contributed by atoms with Crippen LogP contribution in [0.4, 0.5) is 5.69 Å². The lowest BCUT2D eigenvalue weighted by atomic mass is 10.2. The van der Waals surface area contributed by atoms with Gasteiger partial charge in [-0.05, 0) is 18.6 Å². The Labute approximate surface area is 97.6 Å².